The average Bonchev–Trinajstić information content (AvgIpc) is 3.29. The first-order valence-corrected chi connectivity index (χ1v) is 9.42. The second-order valence-corrected chi connectivity index (χ2v) is 7.39. The number of ether oxygens (including phenoxy) is 1. The minimum absolute atomic E-state index is 0.0396. The quantitative estimate of drug-likeness (QED) is 0.662. The fraction of sp³-hybridized carbons (Fsp3) is 0.333. The Kier molecular flexibility index (Phi) is 5.14. The van der Waals surface area contributed by atoms with Gasteiger partial charge < -0.3 is 14.1 Å². The van der Waals surface area contributed by atoms with Crippen molar-refractivity contribution in [2.75, 3.05) is 26.8 Å². The van der Waals surface area contributed by atoms with Crippen LogP contribution in [0.4, 0.5) is 0 Å². The molecule has 6 heteroatoms. The van der Waals surface area contributed by atoms with E-state index in [9.17, 15) is 4.79 Å². The lowest BCUT2D eigenvalue weighted by Crippen LogP contribution is -2.29. The minimum Gasteiger partial charge on any atom is -0.440 e. The molecular weight excluding hydrogens is 364 g/mol. The summed E-state index contributed by atoms with van der Waals surface area (Å²) in [6, 6.07) is 13.1. The highest BCUT2D eigenvalue weighted by Gasteiger charge is 2.27. The van der Waals surface area contributed by atoms with Gasteiger partial charge in [0.05, 0.1) is 6.61 Å². The topological polar surface area (TPSA) is 55.6 Å². The number of methoxy groups -OCH3 is 1. The van der Waals surface area contributed by atoms with Crippen molar-refractivity contribution in [2.24, 2.45) is 5.92 Å². The van der Waals surface area contributed by atoms with Gasteiger partial charge >= 0.3 is 0 Å². The van der Waals surface area contributed by atoms with Gasteiger partial charge in [-0.3, -0.25) is 4.79 Å². The number of carbonyl (C=O) groups is 1. The van der Waals surface area contributed by atoms with Crippen LogP contribution in [0.25, 0.3) is 11.1 Å². The number of hydrogen-bond acceptors (Lipinski definition) is 4. The Morgan fingerprint density at radius 3 is 2.89 bits per heavy atom. The third kappa shape index (κ3) is 3.99. The molecule has 1 atom stereocenters. The fourth-order valence-electron chi connectivity index (χ4n) is 3.53. The number of rotatable bonds is 5. The number of nitrogens with zero attached hydrogens (tertiary/aromatic N) is 2. The number of halogens is 1. The van der Waals surface area contributed by atoms with E-state index < -0.39 is 0 Å². The third-order valence-corrected chi connectivity index (χ3v) is 5.17. The van der Waals surface area contributed by atoms with Crippen LogP contribution in [0.3, 0.4) is 0 Å². The second-order valence-electron chi connectivity index (χ2n) is 6.95. The van der Waals surface area contributed by atoms with Crippen molar-refractivity contribution in [1.82, 2.24) is 9.88 Å². The molecule has 0 saturated carbocycles. The lowest BCUT2D eigenvalue weighted by molar-refractivity contribution is 0.0775. The predicted molar refractivity (Wildman–Crippen MR) is 104 cm³/mol. The van der Waals surface area contributed by atoms with Crippen molar-refractivity contribution in [1.29, 1.82) is 0 Å². The lowest BCUT2D eigenvalue weighted by Gasteiger charge is -2.16. The SMILES string of the molecule is COC[C@H]1CCN(C(=O)c2ccc3oc(Cc4ccc(Cl)cc4)nc3c2)C1. The summed E-state index contributed by atoms with van der Waals surface area (Å²) in [5.74, 6) is 1.08. The smallest absolute Gasteiger partial charge is 0.253 e. The third-order valence-electron chi connectivity index (χ3n) is 4.92. The number of oxazole rings is 1. The first kappa shape index (κ1) is 18.0. The predicted octanol–water partition coefficient (Wildman–Crippen LogP) is 4.18. The molecule has 0 aliphatic carbocycles. The van der Waals surface area contributed by atoms with Gasteiger partial charge in [-0.05, 0) is 42.3 Å². The molecule has 4 rings (SSSR count). The number of benzene rings is 2. The first-order valence-electron chi connectivity index (χ1n) is 9.04. The van der Waals surface area contributed by atoms with Crippen molar-refractivity contribution in [3.8, 4) is 0 Å². The summed E-state index contributed by atoms with van der Waals surface area (Å²) in [5, 5.41) is 0.703. The number of fused-ring (bicyclic) bond motifs is 1. The van der Waals surface area contributed by atoms with Gasteiger partial charge in [0.2, 0.25) is 0 Å². The lowest BCUT2D eigenvalue weighted by atomic mass is 10.1. The molecule has 3 aromatic rings. The standard InChI is InChI=1S/C21H21ClN2O3/c1-26-13-15-8-9-24(12-15)21(25)16-4-7-19-18(11-16)23-20(27-19)10-14-2-5-17(22)6-3-14/h2-7,11,15H,8-10,12-13H2,1H3/t15-/m0/s1. The van der Waals surface area contributed by atoms with Crippen LogP contribution in [0.2, 0.25) is 5.02 Å². The summed E-state index contributed by atoms with van der Waals surface area (Å²) in [7, 11) is 1.70. The molecule has 27 heavy (non-hydrogen) atoms. The maximum Gasteiger partial charge on any atom is 0.253 e. The molecule has 2 heterocycles. The molecule has 0 N–H and O–H groups in total. The van der Waals surface area contributed by atoms with Crippen LogP contribution in [0, 0.1) is 5.92 Å². The molecule has 0 bridgehead atoms. The summed E-state index contributed by atoms with van der Waals surface area (Å²) in [6.07, 6.45) is 1.57. The van der Waals surface area contributed by atoms with Crippen molar-refractivity contribution < 1.29 is 13.9 Å². The van der Waals surface area contributed by atoms with E-state index in [0.29, 0.717) is 46.5 Å². The van der Waals surface area contributed by atoms with Crippen LogP contribution in [-0.4, -0.2) is 42.6 Å². The summed E-state index contributed by atoms with van der Waals surface area (Å²) in [6.45, 7) is 2.21. The fourth-order valence-corrected chi connectivity index (χ4v) is 3.66. The van der Waals surface area contributed by atoms with E-state index in [-0.39, 0.29) is 5.91 Å². The molecular formula is C21H21ClN2O3. The molecule has 0 spiro atoms. The van der Waals surface area contributed by atoms with Gasteiger partial charge in [-0.1, -0.05) is 23.7 Å². The minimum atomic E-state index is 0.0396. The summed E-state index contributed by atoms with van der Waals surface area (Å²) < 4.78 is 11.0. The van der Waals surface area contributed by atoms with E-state index >= 15 is 0 Å². The van der Waals surface area contributed by atoms with Crippen LogP contribution in [0.15, 0.2) is 46.9 Å². The number of likely N-dealkylation sites (tertiary alicyclic amines) is 1. The zero-order valence-corrected chi connectivity index (χ0v) is 15.9. The van der Waals surface area contributed by atoms with Crippen molar-refractivity contribution >= 4 is 28.6 Å². The molecule has 140 valence electrons. The van der Waals surface area contributed by atoms with Crippen LogP contribution in [-0.2, 0) is 11.2 Å². The molecule has 0 unspecified atom stereocenters. The van der Waals surface area contributed by atoms with Crippen LogP contribution in [0.5, 0.6) is 0 Å². The molecule has 1 aliphatic rings. The highest BCUT2D eigenvalue weighted by Crippen LogP contribution is 2.23. The molecule has 1 amide bonds. The van der Waals surface area contributed by atoms with Gasteiger partial charge in [-0.15, -0.1) is 0 Å². The molecule has 5 nitrogen and oxygen atoms in total. The van der Waals surface area contributed by atoms with Crippen molar-refractivity contribution in [3.63, 3.8) is 0 Å². The van der Waals surface area contributed by atoms with Crippen LogP contribution >= 0.6 is 11.6 Å². The Hall–Kier alpha value is -2.37. The Morgan fingerprint density at radius 1 is 1.30 bits per heavy atom. The summed E-state index contributed by atoms with van der Waals surface area (Å²) in [5.41, 5.74) is 3.11. The second kappa shape index (κ2) is 7.71. The largest absolute Gasteiger partial charge is 0.440 e. The number of aromatic nitrogens is 1. The maximum absolute atomic E-state index is 12.8. The zero-order chi connectivity index (χ0) is 18.8. The molecule has 0 radical (unpaired) electrons. The molecule has 2 aromatic carbocycles. The highest BCUT2D eigenvalue weighted by atomic mass is 35.5. The van der Waals surface area contributed by atoms with E-state index in [1.165, 1.54) is 0 Å². The number of carbonyl (C=O) groups excluding carboxylic acids is 1. The molecule has 1 aromatic heterocycles. The van der Waals surface area contributed by atoms with E-state index in [1.807, 2.05) is 47.4 Å². The van der Waals surface area contributed by atoms with Gasteiger partial charge in [-0.25, -0.2) is 4.98 Å². The summed E-state index contributed by atoms with van der Waals surface area (Å²) >= 11 is 5.92. The Labute approximate surface area is 162 Å². The van der Waals surface area contributed by atoms with Gasteiger partial charge in [0.15, 0.2) is 11.5 Å². The van der Waals surface area contributed by atoms with Gasteiger partial charge in [0.25, 0.3) is 5.91 Å². The monoisotopic (exact) mass is 384 g/mol. The van der Waals surface area contributed by atoms with Crippen molar-refractivity contribution in [3.05, 3.63) is 64.5 Å². The van der Waals surface area contributed by atoms with Crippen molar-refractivity contribution in [2.45, 2.75) is 12.8 Å². The highest BCUT2D eigenvalue weighted by molar-refractivity contribution is 6.30. The van der Waals surface area contributed by atoms with Crippen LogP contribution in [0.1, 0.15) is 28.2 Å². The first-order chi connectivity index (χ1) is 13.1. The Morgan fingerprint density at radius 2 is 2.11 bits per heavy atom. The van der Waals surface area contributed by atoms with E-state index in [1.54, 1.807) is 7.11 Å². The Balaban J connectivity index is 1.50. The number of amides is 1. The molecule has 1 fully saturated rings. The molecule has 1 aliphatic heterocycles. The number of hydrogen-bond donors (Lipinski definition) is 0. The Bertz CT molecular complexity index is 952. The van der Waals surface area contributed by atoms with Gasteiger partial charge in [-0.2, -0.15) is 0 Å². The zero-order valence-electron chi connectivity index (χ0n) is 15.2. The maximum atomic E-state index is 12.8. The molecule has 1 saturated heterocycles. The van der Waals surface area contributed by atoms with Crippen LogP contribution < -0.4 is 0 Å². The normalized spacial score (nSPS) is 17.0. The van der Waals surface area contributed by atoms with E-state index in [2.05, 4.69) is 4.98 Å². The van der Waals surface area contributed by atoms with E-state index in [4.69, 9.17) is 20.8 Å². The van der Waals surface area contributed by atoms with Gasteiger partial charge in [0.1, 0.15) is 5.52 Å². The average molecular weight is 385 g/mol. The summed E-state index contributed by atoms with van der Waals surface area (Å²) in [4.78, 5) is 19.2. The van der Waals surface area contributed by atoms with Gasteiger partial charge in [0, 0.05) is 43.1 Å². The van der Waals surface area contributed by atoms with E-state index in [0.717, 1.165) is 25.1 Å².